The molecule has 1 aromatic heterocycles. The molecule has 0 atom stereocenters. The molecule has 3 aromatic carbocycles. The van der Waals surface area contributed by atoms with Crippen LogP contribution in [-0.2, 0) is 6.61 Å². The molecule has 9 heteroatoms. The minimum atomic E-state index is -0.317. The van der Waals surface area contributed by atoms with E-state index in [0.29, 0.717) is 44.4 Å². The van der Waals surface area contributed by atoms with Crippen LogP contribution in [0, 0.1) is 5.82 Å². The first-order valence-electron chi connectivity index (χ1n) is 8.86. The van der Waals surface area contributed by atoms with Crippen LogP contribution in [0.1, 0.15) is 5.56 Å². The van der Waals surface area contributed by atoms with Crippen LogP contribution in [-0.4, -0.2) is 9.97 Å². The fourth-order valence-electron chi connectivity index (χ4n) is 2.88. The van der Waals surface area contributed by atoms with Gasteiger partial charge in [0.1, 0.15) is 30.3 Å². The lowest BCUT2D eigenvalue weighted by Gasteiger charge is -2.12. The van der Waals surface area contributed by atoms with Crippen LogP contribution in [0.5, 0.6) is 5.75 Å². The summed E-state index contributed by atoms with van der Waals surface area (Å²) in [6.07, 6.45) is 1.44. The zero-order valence-corrected chi connectivity index (χ0v) is 16.2. The van der Waals surface area contributed by atoms with Gasteiger partial charge >= 0.3 is 0 Å². The maximum absolute atomic E-state index is 13.3. The van der Waals surface area contributed by atoms with Crippen molar-refractivity contribution in [2.24, 2.45) is 5.11 Å². The van der Waals surface area contributed by atoms with Gasteiger partial charge in [-0.15, -0.1) is 0 Å². The number of halogens is 2. The van der Waals surface area contributed by atoms with E-state index in [1.807, 2.05) is 0 Å². The van der Waals surface area contributed by atoms with Crippen LogP contribution in [0.3, 0.4) is 0 Å². The molecule has 0 aliphatic rings. The first-order valence-corrected chi connectivity index (χ1v) is 9.24. The predicted octanol–water partition coefficient (Wildman–Crippen LogP) is 6.69. The van der Waals surface area contributed by atoms with Gasteiger partial charge in [-0.05, 0) is 53.6 Å². The van der Waals surface area contributed by atoms with Crippen molar-refractivity contribution in [1.29, 1.82) is 0 Å². The van der Waals surface area contributed by atoms with Crippen LogP contribution in [0.4, 0.5) is 21.6 Å². The predicted molar refractivity (Wildman–Crippen MR) is 114 cm³/mol. The smallest absolute Gasteiger partial charge is 0.141 e. The second kappa shape index (κ2) is 8.65. The van der Waals surface area contributed by atoms with E-state index in [0.717, 1.165) is 0 Å². The Kier molecular flexibility index (Phi) is 5.61. The van der Waals surface area contributed by atoms with Crippen molar-refractivity contribution in [2.75, 3.05) is 5.32 Å². The molecule has 0 unspecified atom stereocenters. The number of ether oxygens (including phenoxy) is 1. The molecule has 0 spiro atoms. The largest absolute Gasteiger partial charge is 0.487 e. The van der Waals surface area contributed by atoms with Gasteiger partial charge in [0.05, 0.1) is 10.5 Å². The maximum atomic E-state index is 13.3. The molecule has 0 bridgehead atoms. The summed E-state index contributed by atoms with van der Waals surface area (Å²) < 4.78 is 19.0. The fourth-order valence-corrected chi connectivity index (χ4v) is 3.11. The summed E-state index contributed by atoms with van der Waals surface area (Å²) in [6, 6.07) is 16.5. The van der Waals surface area contributed by atoms with Gasteiger partial charge in [-0.25, -0.2) is 14.4 Å². The third kappa shape index (κ3) is 4.41. The van der Waals surface area contributed by atoms with E-state index in [1.54, 1.807) is 48.5 Å². The third-order valence-corrected chi connectivity index (χ3v) is 4.55. The van der Waals surface area contributed by atoms with Crippen molar-refractivity contribution in [2.45, 2.75) is 6.61 Å². The van der Waals surface area contributed by atoms with Crippen LogP contribution in [0.15, 0.2) is 72.1 Å². The van der Waals surface area contributed by atoms with Crippen LogP contribution in [0.2, 0.25) is 5.02 Å². The standard InChI is InChI=1S/C21H14ClFN6O/c22-18-10-15(5-7-20(18)30-11-13-2-1-3-14(23)8-13)27-21-17-9-16(28-29-24)4-6-19(17)25-12-26-21/h1-10,12H,11H2,(H,25,26,27). The molecule has 1 N–H and O–H groups in total. The van der Waals surface area contributed by atoms with Crippen LogP contribution < -0.4 is 10.1 Å². The molecular weight excluding hydrogens is 407 g/mol. The number of fused-ring (bicyclic) bond motifs is 1. The summed E-state index contributed by atoms with van der Waals surface area (Å²) in [5, 5.41) is 7.90. The Bertz CT molecular complexity index is 1280. The van der Waals surface area contributed by atoms with E-state index in [4.69, 9.17) is 21.9 Å². The minimum absolute atomic E-state index is 0.197. The Hall–Kier alpha value is -3.87. The van der Waals surface area contributed by atoms with E-state index in [-0.39, 0.29) is 12.4 Å². The molecular formula is C21H14ClFN6O. The number of benzene rings is 3. The lowest BCUT2D eigenvalue weighted by Crippen LogP contribution is -1.98. The van der Waals surface area contributed by atoms with Crippen molar-refractivity contribution >= 4 is 39.7 Å². The molecule has 4 aromatic rings. The Balaban J connectivity index is 1.55. The SMILES string of the molecule is [N-]=[N+]=Nc1ccc2ncnc(Nc3ccc(OCc4cccc(F)c4)c(Cl)c3)c2c1. The summed E-state index contributed by atoms with van der Waals surface area (Å²) >= 11 is 6.35. The zero-order chi connectivity index (χ0) is 20.9. The Morgan fingerprint density at radius 3 is 2.80 bits per heavy atom. The highest BCUT2D eigenvalue weighted by molar-refractivity contribution is 6.32. The van der Waals surface area contributed by atoms with E-state index >= 15 is 0 Å². The average Bonchev–Trinajstić information content (AvgIpc) is 2.74. The quantitative estimate of drug-likeness (QED) is 0.213. The Morgan fingerprint density at radius 2 is 2.00 bits per heavy atom. The van der Waals surface area contributed by atoms with Gasteiger partial charge in [-0.1, -0.05) is 34.9 Å². The van der Waals surface area contributed by atoms with Crippen molar-refractivity contribution in [3.05, 3.63) is 93.8 Å². The molecule has 1 heterocycles. The highest BCUT2D eigenvalue weighted by atomic mass is 35.5. The van der Waals surface area contributed by atoms with Gasteiger partial charge in [0, 0.05) is 21.7 Å². The number of hydrogen-bond donors (Lipinski definition) is 1. The summed E-state index contributed by atoms with van der Waals surface area (Å²) in [6.45, 7) is 0.197. The topological polar surface area (TPSA) is 95.8 Å². The average molecular weight is 421 g/mol. The number of aromatic nitrogens is 2. The lowest BCUT2D eigenvalue weighted by molar-refractivity contribution is 0.306. The summed E-state index contributed by atoms with van der Waals surface area (Å²) in [5.74, 6) is 0.701. The van der Waals surface area contributed by atoms with Crippen molar-refractivity contribution in [3.8, 4) is 5.75 Å². The molecule has 0 aliphatic carbocycles. The van der Waals surface area contributed by atoms with Gasteiger partial charge in [0.15, 0.2) is 0 Å². The zero-order valence-electron chi connectivity index (χ0n) is 15.5. The normalized spacial score (nSPS) is 10.5. The van der Waals surface area contributed by atoms with E-state index in [1.165, 1.54) is 18.5 Å². The number of hydrogen-bond acceptors (Lipinski definition) is 5. The molecule has 4 rings (SSSR count). The van der Waals surface area contributed by atoms with E-state index in [9.17, 15) is 4.39 Å². The summed E-state index contributed by atoms with van der Waals surface area (Å²) in [7, 11) is 0. The highest BCUT2D eigenvalue weighted by Crippen LogP contribution is 2.32. The van der Waals surface area contributed by atoms with Gasteiger partial charge in [-0.2, -0.15) is 0 Å². The van der Waals surface area contributed by atoms with Crippen LogP contribution in [0.25, 0.3) is 21.3 Å². The van der Waals surface area contributed by atoms with Gasteiger partial charge in [0.25, 0.3) is 0 Å². The minimum Gasteiger partial charge on any atom is -0.487 e. The molecule has 7 nitrogen and oxygen atoms in total. The van der Waals surface area contributed by atoms with Gasteiger partial charge < -0.3 is 10.1 Å². The summed E-state index contributed by atoms with van der Waals surface area (Å²) in [5.41, 5.74) is 11.2. The number of nitrogens with zero attached hydrogens (tertiary/aromatic N) is 5. The fraction of sp³-hybridized carbons (Fsp3) is 0.0476. The number of rotatable bonds is 6. The van der Waals surface area contributed by atoms with E-state index in [2.05, 4.69) is 25.3 Å². The van der Waals surface area contributed by atoms with Crippen molar-refractivity contribution in [1.82, 2.24) is 9.97 Å². The molecule has 0 saturated heterocycles. The second-order valence-corrected chi connectivity index (χ2v) is 6.71. The molecule has 0 saturated carbocycles. The number of nitrogens with one attached hydrogen (secondary N) is 1. The summed E-state index contributed by atoms with van der Waals surface area (Å²) in [4.78, 5) is 11.3. The first kappa shape index (κ1) is 19.4. The lowest BCUT2D eigenvalue weighted by atomic mass is 10.2. The Labute approximate surface area is 175 Å². The van der Waals surface area contributed by atoms with Gasteiger partial charge in [0.2, 0.25) is 0 Å². The molecule has 30 heavy (non-hydrogen) atoms. The number of anilines is 2. The molecule has 0 radical (unpaired) electrons. The molecule has 0 aliphatic heterocycles. The highest BCUT2D eigenvalue weighted by Gasteiger charge is 2.08. The molecule has 0 amide bonds. The van der Waals surface area contributed by atoms with Crippen molar-refractivity contribution in [3.63, 3.8) is 0 Å². The third-order valence-electron chi connectivity index (χ3n) is 4.26. The van der Waals surface area contributed by atoms with E-state index < -0.39 is 0 Å². The monoisotopic (exact) mass is 420 g/mol. The Morgan fingerprint density at radius 1 is 1.10 bits per heavy atom. The van der Waals surface area contributed by atoms with Gasteiger partial charge in [-0.3, -0.25) is 0 Å². The van der Waals surface area contributed by atoms with Crippen molar-refractivity contribution < 1.29 is 9.13 Å². The second-order valence-electron chi connectivity index (χ2n) is 6.30. The maximum Gasteiger partial charge on any atom is 0.141 e. The number of azide groups is 1. The molecule has 148 valence electrons. The molecule has 0 fully saturated rings. The first-order chi connectivity index (χ1) is 14.6. The van der Waals surface area contributed by atoms with Crippen LogP contribution >= 0.6 is 11.6 Å².